The van der Waals surface area contributed by atoms with Crippen LogP contribution in [-0.4, -0.2) is 17.6 Å². The first-order valence-electron chi connectivity index (χ1n) is 5.43. The molecule has 1 fully saturated rings. The molecule has 2 heterocycles. The number of hydrogen-bond donors (Lipinski definition) is 1. The predicted molar refractivity (Wildman–Crippen MR) is 64.4 cm³/mol. The van der Waals surface area contributed by atoms with Gasteiger partial charge in [0.05, 0.1) is 15.2 Å². The van der Waals surface area contributed by atoms with Crippen LogP contribution in [0.5, 0.6) is 0 Å². The summed E-state index contributed by atoms with van der Waals surface area (Å²) < 4.78 is 1.31. The van der Waals surface area contributed by atoms with E-state index in [2.05, 4.69) is 36.5 Å². The van der Waals surface area contributed by atoms with Crippen LogP contribution in [-0.2, 0) is 0 Å². The Morgan fingerprint density at radius 2 is 2.27 bits per heavy atom. The Hall–Kier alpha value is -0.930. The molecule has 3 heteroatoms. The molecule has 1 aliphatic rings. The molecule has 1 aromatic carbocycles. The zero-order valence-corrected chi connectivity index (χ0v) is 9.55. The fraction of sp³-hybridized carbons (Fsp3) is 0.417. The van der Waals surface area contributed by atoms with Gasteiger partial charge in [-0.2, -0.15) is 0 Å². The van der Waals surface area contributed by atoms with Crippen molar-refractivity contribution in [1.29, 1.82) is 0 Å². The average Bonchev–Trinajstić information content (AvgIpc) is 2.82. The SMILES string of the molecule is CC1NCCC1c1nc2ccccc2s1. The quantitative estimate of drug-likeness (QED) is 0.796. The highest BCUT2D eigenvalue weighted by molar-refractivity contribution is 7.18. The molecule has 2 aromatic rings. The lowest BCUT2D eigenvalue weighted by molar-refractivity contribution is 0.593. The minimum Gasteiger partial charge on any atom is -0.314 e. The number of benzene rings is 1. The highest BCUT2D eigenvalue weighted by atomic mass is 32.1. The van der Waals surface area contributed by atoms with Gasteiger partial charge in [-0.15, -0.1) is 11.3 Å². The van der Waals surface area contributed by atoms with E-state index in [1.54, 1.807) is 0 Å². The number of thiazole rings is 1. The van der Waals surface area contributed by atoms with Crippen LogP contribution in [0, 0.1) is 0 Å². The molecule has 1 aliphatic heterocycles. The van der Waals surface area contributed by atoms with E-state index in [9.17, 15) is 0 Å². The molecule has 1 N–H and O–H groups in total. The second kappa shape index (κ2) is 3.58. The van der Waals surface area contributed by atoms with Crippen molar-refractivity contribution in [2.75, 3.05) is 6.54 Å². The molecule has 0 bridgehead atoms. The van der Waals surface area contributed by atoms with Crippen LogP contribution in [0.2, 0.25) is 0 Å². The third kappa shape index (κ3) is 1.56. The molecule has 15 heavy (non-hydrogen) atoms. The van der Waals surface area contributed by atoms with Gasteiger partial charge in [-0.25, -0.2) is 4.98 Å². The smallest absolute Gasteiger partial charge is 0.0985 e. The van der Waals surface area contributed by atoms with Gasteiger partial charge in [0, 0.05) is 12.0 Å². The summed E-state index contributed by atoms with van der Waals surface area (Å²) in [5.41, 5.74) is 1.15. The summed E-state index contributed by atoms with van der Waals surface area (Å²) >= 11 is 1.85. The second-order valence-corrected chi connectivity index (χ2v) is 5.22. The molecule has 0 spiro atoms. The van der Waals surface area contributed by atoms with Gasteiger partial charge in [0.2, 0.25) is 0 Å². The van der Waals surface area contributed by atoms with Gasteiger partial charge in [0.1, 0.15) is 0 Å². The molecule has 0 radical (unpaired) electrons. The van der Waals surface area contributed by atoms with Crippen molar-refractivity contribution in [1.82, 2.24) is 10.3 Å². The van der Waals surface area contributed by atoms with Gasteiger partial charge in [0.15, 0.2) is 0 Å². The molecular formula is C12H14N2S. The number of hydrogen-bond acceptors (Lipinski definition) is 3. The first-order chi connectivity index (χ1) is 7.34. The molecule has 2 unspecified atom stereocenters. The van der Waals surface area contributed by atoms with Crippen molar-refractivity contribution in [3.63, 3.8) is 0 Å². The van der Waals surface area contributed by atoms with E-state index in [0.29, 0.717) is 12.0 Å². The molecule has 3 rings (SSSR count). The number of aromatic nitrogens is 1. The lowest BCUT2D eigenvalue weighted by Crippen LogP contribution is -2.21. The van der Waals surface area contributed by atoms with E-state index >= 15 is 0 Å². The standard InChI is InChI=1S/C12H14N2S/c1-8-9(6-7-13-8)12-14-10-4-2-3-5-11(10)15-12/h2-5,8-9,13H,6-7H2,1H3. The number of fused-ring (bicyclic) bond motifs is 1. The highest BCUT2D eigenvalue weighted by Crippen LogP contribution is 2.33. The van der Waals surface area contributed by atoms with Gasteiger partial charge < -0.3 is 5.32 Å². The Balaban J connectivity index is 2.04. The van der Waals surface area contributed by atoms with Crippen molar-refractivity contribution in [2.45, 2.75) is 25.3 Å². The molecule has 0 amide bonds. The van der Waals surface area contributed by atoms with Crippen LogP contribution in [0.25, 0.3) is 10.2 Å². The van der Waals surface area contributed by atoms with Gasteiger partial charge in [-0.05, 0) is 32.0 Å². The molecule has 2 nitrogen and oxygen atoms in total. The molecular weight excluding hydrogens is 204 g/mol. The summed E-state index contributed by atoms with van der Waals surface area (Å²) in [6.45, 7) is 3.38. The average molecular weight is 218 g/mol. The lowest BCUT2D eigenvalue weighted by atomic mass is 10.0. The van der Waals surface area contributed by atoms with Gasteiger partial charge in [0.25, 0.3) is 0 Å². The summed E-state index contributed by atoms with van der Waals surface area (Å²) in [5.74, 6) is 0.613. The van der Waals surface area contributed by atoms with Crippen LogP contribution in [0.3, 0.4) is 0 Å². The van der Waals surface area contributed by atoms with Crippen molar-refractivity contribution >= 4 is 21.6 Å². The van der Waals surface area contributed by atoms with Gasteiger partial charge in [-0.1, -0.05) is 12.1 Å². The van der Waals surface area contributed by atoms with Crippen LogP contribution in [0.1, 0.15) is 24.3 Å². The Labute approximate surface area is 93.3 Å². The fourth-order valence-corrected chi connectivity index (χ4v) is 3.45. The van der Waals surface area contributed by atoms with Crippen molar-refractivity contribution in [2.24, 2.45) is 0 Å². The zero-order valence-electron chi connectivity index (χ0n) is 8.73. The van der Waals surface area contributed by atoms with Gasteiger partial charge in [-0.3, -0.25) is 0 Å². The number of nitrogens with one attached hydrogen (secondary N) is 1. The van der Waals surface area contributed by atoms with E-state index < -0.39 is 0 Å². The van der Waals surface area contributed by atoms with Gasteiger partial charge >= 0.3 is 0 Å². The van der Waals surface area contributed by atoms with E-state index in [-0.39, 0.29) is 0 Å². The lowest BCUT2D eigenvalue weighted by Gasteiger charge is -2.10. The largest absolute Gasteiger partial charge is 0.314 e. The van der Waals surface area contributed by atoms with Crippen molar-refractivity contribution in [3.05, 3.63) is 29.3 Å². The maximum absolute atomic E-state index is 4.72. The van der Waals surface area contributed by atoms with Crippen LogP contribution in [0.15, 0.2) is 24.3 Å². The van der Waals surface area contributed by atoms with Crippen LogP contribution in [0.4, 0.5) is 0 Å². The Morgan fingerprint density at radius 3 is 3.00 bits per heavy atom. The summed E-state index contributed by atoms with van der Waals surface area (Å²) in [6.07, 6.45) is 1.22. The minimum absolute atomic E-state index is 0.575. The topological polar surface area (TPSA) is 24.9 Å². The second-order valence-electron chi connectivity index (χ2n) is 4.16. The van der Waals surface area contributed by atoms with E-state index in [0.717, 1.165) is 12.1 Å². The third-order valence-corrected chi connectivity index (χ3v) is 4.32. The molecule has 2 atom stereocenters. The first-order valence-corrected chi connectivity index (χ1v) is 6.25. The maximum atomic E-state index is 4.72. The molecule has 1 aromatic heterocycles. The van der Waals surface area contributed by atoms with Crippen molar-refractivity contribution in [3.8, 4) is 0 Å². The molecule has 1 saturated heterocycles. The normalized spacial score (nSPS) is 26.2. The molecule has 78 valence electrons. The monoisotopic (exact) mass is 218 g/mol. The fourth-order valence-electron chi connectivity index (χ4n) is 2.24. The predicted octanol–water partition coefficient (Wildman–Crippen LogP) is 2.76. The third-order valence-electron chi connectivity index (χ3n) is 3.15. The Bertz CT molecular complexity index is 444. The summed E-state index contributed by atoms with van der Waals surface area (Å²) in [5, 5.41) is 4.78. The van der Waals surface area contributed by atoms with Crippen LogP contribution >= 0.6 is 11.3 Å². The van der Waals surface area contributed by atoms with E-state index in [1.165, 1.54) is 16.1 Å². The minimum atomic E-state index is 0.575. The number of para-hydroxylation sites is 1. The Morgan fingerprint density at radius 1 is 1.40 bits per heavy atom. The number of rotatable bonds is 1. The summed E-state index contributed by atoms with van der Waals surface area (Å²) in [6, 6.07) is 8.97. The summed E-state index contributed by atoms with van der Waals surface area (Å²) in [4.78, 5) is 4.72. The molecule has 0 aliphatic carbocycles. The van der Waals surface area contributed by atoms with E-state index in [1.807, 2.05) is 11.3 Å². The zero-order chi connectivity index (χ0) is 10.3. The number of nitrogens with zero attached hydrogens (tertiary/aromatic N) is 1. The molecule has 0 saturated carbocycles. The van der Waals surface area contributed by atoms with Crippen LogP contribution < -0.4 is 5.32 Å². The first kappa shape index (κ1) is 9.31. The Kier molecular flexibility index (Phi) is 2.22. The van der Waals surface area contributed by atoms with E-state index in [4.69, 9.17) is 4.98 Å². The summed E-state index contributed by atoms with van der Waals surface area (Å²) in [7, 11) is 0. The maximum Gasteiger partial charge on any atom is 0.0985 e. The highest BCUT2D eigenvalue weighted by Gasteiger charge is 2.26. The van der Waals surface area contributed by atoms with Crippen molar-refractivity contribution < 1.29 is 0 Å².